The van der Waals surface area contributed by atoms with Gasteiger partial charge in [0.25, 0.3) is 0 Å². The molecule has 0 spiro atoms. The fourth-order valence-corrected chi connectivity index (χ4v) is 6.64. The molecule has 3 rings (SSSR count). The van der Waals surface area contributed by atoms with E-state index in [4.69, 9.17) is 0 Å². The average molecular weight is 451 g/mol. The Labute approximate surface area is 178 Å². The summed E-state index contributed by atoms with van der Waals surface area (Å²) < 4.78 is 51.4. The van der Waals surface area contributed by atoms with Gasteiger partial charge in [-0.15, -0.1) is 0 Å². The summed E-state index contributed by atoms with van der Waals surface area (Å²) in [6, 6.07) is 11.4. The molecule has 1 amide bonds. The van der Waals surface area contributed by atoms with E-state index in [0.29, 0.717) is 12.8 Å². The lowest BCUT2D eigenvalue weighted by atomic mass is 9.97. The quantitative estimate of drug-likeness (QED) is 0.755. The molecule has 2 aromatic carbocycles. The van der Waals surface area contributed by atoms with Crippen LogP contribution >= 0.6 is 0 Å². The van der Waals surface area contributed by atoms with Crippen molar-refractivity contribution < 1.29 is 21.6 Å². The van der Waals surface area contributed by atoms with Crippen molar-refractivity contribution in [1.29, 1.82) is 0 Å². The molecule has 0 bridgehead atoms. The molecular weight excluding hydrogens is 424 g/mol. The highest BCUT2D eigenvalue weighted by Crippen LogP contribution is 2.29. The minimum absolute atomic E-state index is 0.128. The first-order valence-corrected chi connectivity index (χ1v) is 13.0. The van der Waals surface area contributed by atoms with Crippen LogP contribution in [0.2, 0.25) is 0 Å². The van der Waals surface area contributed by atoms with Crippen LogP contribution in [0.15, 0.2) is 52.3 Å². The molecule has 0 saturated carbocycles. The second-order valence-corrected chi connectivity index (χ2v) is 11.6. The fourth-order valence-electron chi connectivity index (χ4n) is 3.57. The summed E-state index contributed by atoms with van der Waals surface area (Å²) in [6.45, 7) is 4.19. The van der Waals surface area contributed by atoms with Gasteiger partial charge in [0.1, 0.15) is 4.90 Å². The molecule has 0 aliphatic carbocycles. The van der Waals surface area contributed by atoms with Crippen LogP contribution in [0.5, 0.6) is 0 Å². The predicted octanol–water partition coefficient (Wildman–Crippen LogP) is 2.75. The van der Waals surface area contributed by atoms with E-state index < -0.39 is 19.9 Å². The molecule has 7 nitrogen and oxygen atoms in total. The number of hydrogen-bond donors (Lipinski definition) is 1. The second-order valence-electron chi connectivity index (χ2n) is 7.70. The monoisotopic (exact) mass is 450 g/mol. The van der Waals surface area contributed by atoms with Gasteiger partial charge >= 0.3 is 0 Å². The van der Waals surface area contributed by atoms with Gasteiger partial charge in [-0.3, -0.25) is 4.79 Å². The van der Waals surface area contributed by atoms with Gasteiger partial charge in [-0.2, -0.15) is 4.31 Å². The number of anilines is 1. The molecule has 0 radical (unpaired) electrons. The third kappa shape index (κ3) is 4.74. The maximum Gasteiger partial charge on any atom is 0.244 e. The molecule has 30 heavy (non-hydrogen) atoms. The van der Waals surface area contributed by atoms with Gasteiger partial charge in [0, 0.05) is 31.0 Å². The average Bonchev–Trinajstić information content (AvgIpc) is 2.70. The summed E-state index contributed by atoms with van der Waals surface area (Å²) in [5, 5.41) is 2.95. The summed E-state index contributed by atoms with van der Waals surface area (Å²) in [5.41, 5.74) is 2.77. The van der Waals surface area contributed by atoms with Crippen LogP contribution in [0, 0.1) is 19.8 Å². The van der Waals surface area contributed by atoms with Crippen molar-refractivity contribution in [3.8, 4) is 0 Å². The van der Waals surface area contributed by atoms with Crippen LogP contribution in [0.1, 0.15) is 24.0 Å². The first kappa shape index (κ1) is 22.5. The molecule has 1 fully saturated rings. The number of carbonyl (C=O) groups is 1. The van der Waals surface area contributed by atoms with Gasteiger partial charge in [-0.1, -0.05) is 24.3 Å². The summed E-state index contributed by atoms with van der Waals surface area (Å²) in [4.78, 5) is 12.3. The topological polar surface area (TPSA) is 101 Å². The Balaban J connectivity index is 1.72. The number of nitrogens with one attached hydrogen (secondary N) is 1. The Bertz CT molecular complexity index is 1170. The summed E-state index contributed by atoms with van der Waals surface area (Å²) in [6.07, 6.45) is 1.74. The standard InChI is InChI=1S/C21H26N2O5S2/c1-15-8-9-16(2)18(14-15)22-21(24)17-10-12-23(13-11-17)30(27,28)20-7-5-4-6-19(20)29(3,25)26/h4-9,14,17H,10-13H2,1-3H3,(H,22,24). The molecule has 1 saturated heterocycles. The zero-order chi connectivity index (χ0) is 22.1. The zero-order valence-corrected chi connectivity index (χ0v) is 18.9. The molecule has 1 aliphatic rings. The van der Waals surface area contributed by atoms with Crippen LogP contribution in [-0.2, 0) is 24.7 Å². The Hall–Kier alpha value is -2.23. The maximum atomic E-state index is 13.1. The molecular formula is C21H26N2O5S2. The molecule has 1 heterocycles. The molecule has 1 N–H and O–H groups in total. The van der Waals surface area contributed by atoms with Gasteiger partial charge in [0.15, 0.2) is 9.84 Å². The number of amides is 1. The van der Waals surface area contributed by atoms with E-state index in [9.17, 15) is 21.6 Å². The normalized spacial score (nSPS) is 16.4. The van der Waals surface area contributed by atoms with Crippen molar-refractivity contribution in [2.24, 2.45) is 5.92 Å². The predicted molar refractivity (Wildman–Crippen MR) is 116 cm³/mol. The van der Waals surface area contributed by atoms with Crippen LogP contribution in [0.3, 0.4) is 0 Å². The number of carbonyl (C=O) groups excluding carboxylic acids is 1. The molecule has 0 unspecified atom stereocenters. The molecule has 0 atom stereocenters. The number of piperidine rings is 1. The smallest absolute Gasteiger partial charge is 0.244 e. The summed E-state index contributed by atoms with van der Waals surface area (Å²) in [7, 11) is -7.67. The van der Waals surface area contributed by atoms with Gasteiger partial charge in [-0.25, -0.2) is 16.8 Å². The van der Waals surface area contributed by atoms with Gasteiger partial charge in [-0.05, 0) is 56.0 Å². The van der Waals surface area contributed by atoms with E-state index >= 15 is 0 Å². The lowest BCUT2D eigenvalue weighted by Crippen LogP contribution is -2.41. The number of aryl methyl sites for hydroxylation is 2. The third-order valence-corrected chi connectivity index (χ3v) is 8.58. The van der Waals surface area contributed by atoms with E-state index in [0.717, 1.165) is 23.1 Å². The summed E-state index contributed by atoms with van der Waals surface area (Å²) >= 11 is 0. The lowest BCUT2D eigenvalue weighted by molar-refractivity contribution is -0.120. The first-order chi connectivity index (χ1) is 14.0. The Kier molecular flexibility index (Phi) is 6.35. The Morgan fingerprint density at radius 1 is 0.967 bits per heavy atom. The molecule has 9 heteroatoms. The van der Waals surface area contributed by atoms with Crippen molar-refractivity contribution >= 4 is 31.5 Å². The fraction of sp³-hybridized carbons (Fsp3) is 0.381. The van der Waals surface area contributed by atoms with E-state index in [1.165, 1.54) is 28.6 Å². The van der Waals surface area contributed by atoms with Crippen LogP contribution in [-0.4, -0.2) is 46.4 Å². The third-order valence-electron chi connectivity index (χ3n) is 5.34. The van der Waals surface area contributed by atoms with Crippen LogP contribution < -0.4 is 5.32 Å². The lowest BCUT2D eigenvalue weighted by Gasteiger charge is -2.31. The number of hydrogen-bond acceptors (Lipinski definition) is 5. The van der Waals surface area contributed by atoms with Crippen LogP contribution in [0.25, 0.3) is 0 Å². The molecule has 1 aliphatic heterocycles. The molecule has 162 valence electrons. The maximum absolute atomic E-state index is 13.1. The molecule has 2 aromatic rings. The molecule has 0 aromatic heterocycles. The van der Waals surface area contributed by atoms with Gasteiger partial charge < -0.3 is 5.32 Å². The van der Waals surface area contributed by atoms with Crippen molar-refractivity contribution in [3.63, 3.8) is 0 Å². The number of rotatable bonds is 5. The van der Waals surface area contributed by atoms with Crippen molar-refractivity contribution in [2.45, 2.75) is 36.5 Å². The van der Waals surface area contributed by atoms with E-state index in [1.807, 2.05) is 32.0 Å². The zero-order valence-electron chi connectivity index (χ0n) is 17.3. The minimum atomic E-state index is -3.97. The minimum Gasteiger partial charge on any atom is -0.326 e. The SMILES string of the molecule is Cc1ccc(C)c(NC(=O)C2CCN(S(=O)(=O)c3ccccc3S(C)(=O)=O)CC2)c1. The highest BCUT2D eigenvalue weighted by molar-refractivity contribution is 7.93. The van der Waals surface area contributed by atoms with Crippen molar-refractivity contribution in [2.75, 3.05) is 24.7 Å². The summed E-state index contributed by atoms with van der Waals surface area (Å²) in [5.74, 6) is -0.432. The van der Waals surface area contributed by atoms with Gasteiger partial charge in [0.2, 0.25) is 15.9 Å². The van der Waals surface area contributed by atoms with Crippen molar-refractivity contribution in [3.05, 3.63) is 53.6 Å². The Morgan fingerprint density at radius 3 is 2.17 bits per heavy atom. The number of benzene rings is 2. The van der Waals surface area contributed by atoms with Crippen LogP contribution in [0.4, 0.5) is 5.69 Å². The van der Waals surface area contributed by atoms with E-state index in [2.05, 4.69) is 5.32 Å². The van der Waals surface area contributed by atoms with E-state index in [1.54, 1.807) is 0 Å². The number of sulfonamides is 1. The highest BCUT2D eigenvalue weighted by Gasteiger charge is 2.34. The van der Waals surface area contributed by atoms with Gasteiger partial charge in [0.05, 0.1) is 4.90 Å². The van der Waals surface area contributed by atoms with Crippen molar-refractivity contribution in [1.82, 2.24) is 4.31 Å². The second kappa shape index (κ2) is 8.49. The van der Waals surface area contributed by atoms with E-state index in [-0.39, 0.29) is 34.7 Å². The Morgan fingerprint density at radius 2 is 1.57 bits per heavy atom. The number of sulfone groups is 1. The first-order valence-electron chi connectivity index (χ1n) is 9.67. The number of nitrogens with zero attached hydrogens (tertiary/aromatic N) is 1. The highest BCUT2D eigenvalue weighted by atomic mass is 32.2. The largest absolute Gasteiger partial charge is 0.326 e.